The number of nitrogens with one attached hydrogen (secondary N) is 1. The molecular formula is C15H27N3S2. The molecule has 2 rings (SSSR count). The number of hydrazine groups is 1. The van der Waals surface area contributed by atoms with Crippen LogP contribution >= 0.6 is 23.1 Å². The Labute approximate surface area is 131 Å². The van der Waals surface area contributed by atoms with Gasteiger partial charge in [0.05, 0.1) is 10.7 Å². The van der Waals surface area contributed by atoms with E-state index < -0.39 is 0 Å². The molecule has 0 aliphatic carbocycles. The molecule has 1 aliphatic heterocycles. The third-order valence-electron chi connectivity index (χ3n) is 3.94. The molecule has 0 spiro atoms. The topological polar surface area (TPSA) is 50.9 Å². The van der Waals surface area contributed by atoms with Gasteiger partial charge >= 0.3 is 0 Å². The second-order valence-electron chi connectivity index (χ2n) is 6.74. The van der Waals surface area contributed by atoms with Crippen LogP contribution in [0.2, 0.25) is 0 Å². The van der Waals surface area contributed by atoms with E-state index in [1.165, 1.54) is 41.5 Å². The number of hydrogen-bond donors (Lipinski definition) is 2. The number of hydrogen-bond acceptors (Lipinski definition) is 5. The third-order valence-corrected chi connectivity index (χ3v) is 5.86. The van der Waals surface area contributed by atoms with E-state index in [2.05, 4.69) is 43.3 Å². The van der Waals surface area contributed by atoms with Gasteiger partial charge in [0.2, 0.25) is 0 Å². The van der Waals surface area contributed by atoms with Gasteiger partial charge in [0.1, 0.15) is 0 Å². The molecule has 1 aromatic rings. The predicted octanol–water partition coefficient (Wildman–Crippen LogP) is 3.35. The highest BCUT2D eigenvalue weighted by molar-refractivity contribution is 7.99. The van der Waals surface area contributed by atoms with Crippen molar-refractivity contribution in [1.82, 2.24) is 10.4 Å². The standard InChI is InChI=1S/C15H27N3S2/c1-15(2,3)13-10-20-14(17-13)9-12(18-16)8-11-4-6-19-7-5-11/h10-12,18H,4-9,16H2,1-3H3. The Hall–Kier alpha value is -0.100. The molecule has 1 saturated heterocycles. The van der Waals surface area contributed by atoms with Gasteiger partial charge in [-0.1, -0.05) is 20.8 Å². The molecule has 1 aromatic heterocycles. The molecule has 3 nitrogen and oxygen atoms in total. The fraction of sp³-hybridized carbons (Fsp3) is 0.800. The molecule has 0 saturated carbocycles. The number of rotatable bonds is 5. The van der Waals surface area contributed by atoms with E-state index in [4.69, 9.17) is 10.8 Å². The van der Waals surface area contributed by atoms with Crippen molar-refractivity contribution in [2.24, 2.45) is 11.8 Å². The highest BCUT2D eigenvalue weighted by atomic mass is 32.2. The molecule has 1 aliphatic rings. The maximum absolute atomic E-state index is 5.75. The van der Waals surface area contributed by atoms with Crippen LogP contribution in [-0.4, -0.2) is 22.5 Å². The quantitative estimate of drug-likeness (QED) is 0.646. The van der Waals surface area contributed by atoms with Crippen LogP contribution in [0.3, 0.4) is 0 Å². The largest absolute Gasteiger partial charge is 0.271 e. The van der Waals surface area contributed by atoms with Crippen molar-refractivity contribution in [3.8, 4) is 0 Å². The van der Waals surface area contributed by atoms with Gasteiger partial charge < -0.3 is 0 Å². The second kappa shape index (κ2) is 7.25. The highest BCUT2D eigenvalue weighted by Crippen LogP contribution is 2.28. The summed E-state index contributed by atoms with van der Waals surface area (Å²) in [5.41, 5.74) is 4.34. The third kappa shape index (κ3) is 4.72. The van der Waals surface area contributed by atoms with Gasteiger partial charge in [0.25, 0.3) is 0 Å². The van der Waals surface area contributed by atoms with Crippen LogP contribution in [0.5, 0.6) is 0 Å². The number of nitrogens with two attached hydrogens (primary N) is 1. The lowest BCUT2D eigenvalue weighted by atomic mass is 9.92. The van der Waals surface area contributed by atoms with Crippen molar-refractivity contribution in [2.45, 2.75) is 57.9 Å². The summed E-state index contributed by atoms with van der Waals surface area (Å²) >= 11 is 3.85. The Morgan fingerprint density at radius 2 is 2.10 bits per heavy atom. The monoisotopic (exact) mass is 313 g/mol. The van der Waals surface area contributed by atoms with Crippen LogP contribution in [0.1, 0.15) is 50.7 Å². The minimum atomic E-state index is 0.140. The minimum absolute atomic E-state index is 0.140. The molecule has 1 fully saturated rings. The van der Waals surface area contributed by atoms with Crippen LogP contribution in [0.25, 0.3) is 0 Å². The summed E-state index contributed by atoms with van der Waals surface area (Å²) in [6.07, 6.45) is 4.82. The van der Waals surface area contributed by atoms with Crippen LogP contribution in [0.15, 0.2) is 5.38 Å². The summed E-state index contributed by atoms with van der Waals surface area (Å²) in [5, 5.41) is 3.41. The summed E-state index contributed by atoms with van der Waals surface area (Å²) < 4.78 is 0. The first-order valence-corrected chi connectivity index (χ1v) is 9.51. The van der Waals surface area contributed by atoms with Gasteiger partial charge in [0, 0.05) is 23.3 Å². The summed E-state index contributed by atoms with van der Waals surface area (Å²) in [6, 6.07) is 0.363. The van der Waals surface area contributed by atoms with E-state index in [1.54, 1.807) is 11.3 Å². The molecule has 3 N–H and O–H groups in total. The SMILES string of the molecule is CC(C)(C)c1csc(CC(CC2CCSCC2)NN)n1. The molecule has 1 atom stereocenters. The lowest BCUT2D eigenvalue weighted by molar-refractivity contribution is 0.365. The minimum Gasteiger partial charge on any atom is -0.271 e. The highest BCUT2D eigenvalue weighted by Gasteiger charge is 2.21. The van der Waals surface area contributed by atoms with E-state index >= 15 is 0 Å². The summed E-state index contributed by atoms with van der Waals surface area (Å²) in [6.45, 7) is 6.64. The average molecular weight is 314 g/mol. The maximum Gasteiger partial charge on any atom is 0.0944 e. The van der Waals surface area contributed by atoms with Crippen LogP contribution in [0.4, 0.5) is 0 Å². The number of thioether (sulfide) groups is 1. The van der Waals surface area contributed by atoms with Crippen molar-refractivity contribution in [3.63, 3.8) is 0 Å². The zero-order chi connectivity index (χ0) is 14.6. The molecule has 0 radical (unpaired) electrons. The fourth-order valence-corrected chi connectivity index (χ4v) is 4.86. The molecule has 0 bridgehead atoms. The van der Waals surface area contributed by atoms with E-state index in [-0.39, 0.29) is 5.41 Å². The van der Waals surface area contributed by atoms with Gasteiger partial charge in [-0.05, 0) is 36.7 Å². The summed E-state index contributed by atoms with van der Waals surface area (Å²) in [4.78, 5) is 4.78. The number of nitrogens with zero attached hydrogens (tertiary/aromatic N) is 1. The van der Waals surface area contributed by atoms with E-state index in [9.17, 15) is 0 Å². The predicted molar refractivity (Wildman–Crippen MR) is 90.3 cm³/mol. The molecule has 0 aromatic carbocycles. The van der Waals surface area contributed by atoms with E-state index in [0.29, 0.717) is 6.04 Å². The smallest absolute Gasteiger partial charge is 0.0944 e. The van der Waals surface area contributed by atoms with Gasteiger partial charge in [-0.3, -0.25) is 11.3 Å². The number of thiazole rings is 1. The van der Waals surface area contributed by atoms with Crippen LogP contribution in [0, 0.1) is 5.92 Å². The molecule has 20 heavy (non-hydrogen) atoms. The van der Waals surface area contributed by atoms with Gasteiger partial charge in [-0.2, -0.15) is 11.8 Å². The molecule has 114 valence electrons. The normalized spacial score (nSPS) is 19.2. The molecule has 5 heteroatoms. The Morgan fingerprint density at radius 3 is 2.65 bits per heavy atom. The molecule has 2 heterocycles. The van der Waals surface area contributed by atoms with Crippen molar-refractivity contribution in [3.05, 3.63) is 16.1 Å². The molecule has 0 amide bonds. The van der Waals surface area contributed by atoms with E-state index in [1.807, 2.05) is 0 Å². The van der Waals surface area contributed by atoms with E-state index in [0.717, 1.165) is 12.3 Å². The Bertz CT molecular complexity index is 405. The van der Waals surface area contributed by atoms with Crippen molar-refractivity contribution in [1.29, 1.82) is 0 Å². The van der Waals surface area contributed by atoms with Crippen molar-refractivity contribution < 1.29 is 0 Å². The fourth-order valence-electron chi connectivity index (χ4n) is 2.55. The van der Waals surface area contributed by atoms with Gasteiger partial charge in [-0.15, -0.1) is 11.3 Å². The summed E-state index contributed by atoms with van der Waals surface area (Å²) in [7, 11) is 0. The molecule has 1 unspecified atom stereocenters. The zero-order valence-electron chi connectivity index (χ0n) is 12.8. The Kier molecular flexibility index (Phi) is 5.90. The Balaban J connectivity index is 1.90. The lowest BCUT2D eigenvalue weighted by Crippen LogP contribution is -2.38. The lowest BCUT2D eigenvalue weighted by Gasteiger charge is -2.25. The maximum atomic E-state index is 5.75. The second-order valence-corrected chi connectivity index (χ2v) is 8.90. The first-order valence-electron chi connectivity index (χ1n) is 7.48. The van der Waals surface area contributed by atoms with Gasteiger partial charge in [0.15, 0.2) is 0 Å². The first-order chi connectivity index (χ1) is 9.49. The van der Waals surface area contributed by atoms with Crippen LogP contribution in [-0.2, 0) is 11.8 Å². The zero-order valence-corrected chi connectivity index (χ0v) is 14.4. The first kappa shape index (κ1) is 16.3. The Morgan fingerprint density at radius 1 is 1.40 bits per heavy atom. The van der Waals surface area contributed by atoms with Gasteiger partial charge in [-0.25, -0.2) is 4.98 Å². The average Bonchev–Trinajstić information content (AvgIpc) is 2.87. The number of aromatic nitrogens is 1. The van der Waals surface area contributed by atoms with Crippen LogP contribution < -0.4 is 11.3 Å². The summed E-state index contributed by atoms with van der Waals surface area (Å²) in [5.74, 6) is 9.21. The van der Waals surface area contributed by atoms with Crippen molar-refractivity contribution in [2.75, 3.05) is 11.5 Å². The molecular weight excluding hydrogens is 286 g/mol. The van der Waals surface area contributed by atoms with Crippen molar-refractivity contribution >= 4 is 23.1 Å².